The van der Waals surface area contributed by atoms with Crippen molar-refractivity contribution < 1.29 is 69.9 Å². The molecule has 16 heteroatoms. The van der Waals surface area contributed by atoms with Crippen LogP contribution < -0.4 is 0 Å². The average Bonchev–Trinajstić information content (AvgIpc) is 3.51. The Morgan fingerprint density at radius 3 is 0.807 bits per heavy atom. The molecule has 8 rings (SSSR count). The molecule has 0 atom stereocenters. The van der Waals surface area contributed by atoms with Gasteiger partial charge < -0.3 is 45.2 Å². The first kappa shape index (κ1) is 75.1. The van der Waals surface area contributed by atoms with Crippen LogP contribution in [0.3, 0.4) is 0 Å². The van der Waals surface area contributed by atoms with Crippen LogP contribution in [-0.4, -0.2) is 72.5 Å². The van der Waals surface area contributed by atoms with Crippen LogP contribution in [0, 0.1) is 18.2 Å². The Morgan fingerprint density at radius 1 is 0.373 bits per heavy atom. The van der Waals surface area contributed by atoms with Crippen LogP contribution in [0.1, 0.15) is 143 Å². The summed E-state index contributed by atoms with van der Waals surface area (Å²) in [6.07, 6.45) is 18.0. The first-order chi connectivity index (χ1) is 38.5. The number of hydrogen-bond acceptors (Lipinski definition) is 14. The number of aromatic nitrogens is 8. The smallest absolute Gasteiger partial charge is 0.512 e. The number of carbonyl (C=O) groups is 3. The first-order valence-corrected chi connectivity index (χ1v) is 26.3. The van der Waals surface area contributed by atoms with Gasteiger partial charge in [0.25, 0.3) is 0 Å². The van der Waals surface area contributed by atoms with E-state index in [0.29, 0.717) is 23.7 Å². The molecule has 8 aromatic heterocycles. The van der Waals surface area contributed by atoms with Gasteiger partial charge >= 0.3 is 20.1 Å². The van der Waals surface area contributed by atoms with E-state index in [-0.39, 0.29) is 74.8 Å². The number of allylic oxidation sites excluding steroid dienone is 6. The standard InChI is InChI=1S/C13H14N2.3C13H13N2.3C5H8O2.2Ir/c4*1-10(2)12-7-6-11(9-15-12)13-5-3-4-8-14-13;3*1-4(6)3-5(2)7;;/h3-10H,1-2H3;3*3-5,7-10H,1-2H3;3*3,6H,1-2H3;;/q;3*-1;;;;;+3. The summed E-state index contributed by atoms with van der Waals surface area (Å²) in [5.41, 5.74) is 11.9. The van der Waals surface area contributed by atoms with Crippen molar-refractivity contribution in [2.75, 3.05) is 0 Å². The Hall–Kier alpha value is -7.87. The van der Waals surface area contributed by atoms with Gasteiger partial charge in [0.2, 0.25) is 0 Å². The fourth-order valence-corrected chi connectivity index (χ4v) is 6.34. The molecule has 1 radical (unpaired) electrons. The number of hydrogen-bond donors (Lipinski definition) is 3. The minimum atomic E-state index is -0.125. The van der Waals surface area contributed by atoms with E-state index in [2.05, 4.69) is 126 Å². The Labute approximate surface area is 518 Å². The SMILES string of the molecule is CC(=O)C=C(C)O.CC(=O)C=C(C)O.CC(=O)C=C(C)O.CC(C)c1c[c-]c(-c2ccccn2)cn1.CC(C)c1c[c-]c(-c2ccccn2)cn1.CC(C)c1c[c-]c(-c2ccccn2)cn1.CC(C)c1ccc(-c2ccccn2)cn1.[Ir+3].[Ir]. The van der Waals surface area contributed by atoms with Crippen LogP contribution in [-0.2, 0) is 54.6 Å². The topological polar surface area (TPSA) is 215 Å². The Balaban J connectivity index is 0.000000966. The van der Waals surface area contributed by atoms with Gasteiger partial charge in [-0.25, -0.2) is 0 Å². The molecule has 0 spiro atoms. The predicted octanol–water partition coefficient (Wildman–Crippen LogP) is 15.6. The molecule has 0 amide bonds. The van der Waals surface area contributed by atoms with Crippen molar-refractivity contribution in [2.45, 2.75) is 121 Å². The van der Waals surface area contributed by atoms with E-state index in [0.717, 1.165) is 67.8 Å². The zero-order valence-electron chi connectivity index (χ0n) is 49.8. The van der Waals surface area contributed by atoms with Crippen molar-refractivity contribution >= 4 is 17.3 Å². The summed E-state index contributed by atoms with van der Waals surface area (Å²) in [7, 11) is 0. The maximum absolute atomic E-state index is 10.0. The maximum atomic E-state index is 10.0. The third-order valence-electron chi connectivity index (χ3n) is 10.3. The van der Waals surface area contributed by atoms with Gasteiger partial charge in [-0.2, -0.15) is 0 Å². The number of pyridine rings is 8. The fourth-order valence-electron chi connectivity index (χ4n) is 6.34. The van der Waals surface area contributed by atoms with E-state index in [1.165, 1.54) is 59.8 Å². The van der Waals surface area contributed by atoms with E-state index in [1.54, 1.807) is 24.8 Å². The van der Waals surface area contributed by atoms with Gasteiger partial charge in [-0.1, -0.05) is 116 Å². The molecular formula is C67H77Ir2N8O6. The zero-order chi connectivity index (χ0) is 60.3. The Morgan fingerprint density at radius 2 is 0.639 bits per heavy atom. The fraction of sp³-hybridized carbons (Fsp3) is 0.269. The Bertz CT molecular complexity index is 2720. The summed E-state index contributed by atoms with van der Waals surface area (Å²) in [5, 5.41) is 25.1. The summed E-state index contributed by atoms with van der Waals surface area (Å²) in [6, 6.07) is 43.0. The van der Waals surface area contributed by atoms with Crippen molar-refractivity contribution in [3.63, 3.8) is 0 Å². The van der Waals surface area contributed by atoms with Gasteiger partial charge in [-0.05, 0) is 142 Å². The van der Waals surface area contributed by atoms with Gasteiger partial charge in [-0.15, -0.1) is 53.1 Å². The second-order valence-electron chi connectivity index (χ2n) is 19.3. The van der Waals surface area contributed by atoms with Crippen LogP contribution in [0.15, 0.2) is 188 Å². The van der Waals surface area contributed by atoms with Crippen LogP contribution in [0.4, 0.5) is 0 Å². The van der Waals surface area contributed by atoms with Gasteiger partial charge in [0.05, 0.1) is 23.0 Å². The third-order valence-corrected chi connectivity index (χ3v) is 10.3. The van der Waals surface area contributed by atoms with Crippen LogP contribution in [0.2, 0.25) is 0 Å². The number of aliphatic hydroxyl groups is 3. The van der Waals surface area contributed by atoms with E-state index < -0.39 is 0 Å². The minimum Gasteiger partial charge on any atom is -0.512 e. The molecule has 0 saturated carbocycles. The molecule has 8 heterocycles. The monoisotopic (exact) mass is 1480 g/mol. The largest absolute Gasteiger partial charge is 3.00 e. The minimum absolute atomic E-state index is 0. The third kappa shape index (κ3) is 33.0. The van der Waals surface area contributed by atoms with E-state index in [4.69, 9.17) is 15.3 Å². The van der Waals surface area contributed by atoms with Crippen molar-refractivity contribution in [1.82, 2.24) is 39.9 Å². The number of aliphatic hydroxyl groups excluding tert-OH is 3. The summed E-state index contributed by atoms with van der Waals surface area (Å²) in [4.78, 5) is 64.7. The Kier molecular flexibility index (Phi) is 38.0. The number of carbonyl (C=O) groups excluding carboxylic acids is 3. The number of rotatable bonds is 11. The molecule has 14 nitrogen and oxygen atoms in total. The number of ketones is 3. The van der Waals surface area contributed by atoms with Crippen LogP contribution >= 0.6 is 0 Å². The summed E-state index contributed by atoms with van der Waals surface area (Å²) < 4.78 is 0. The quantitative estimate of drug-likeness (QED) is 0.0624. The molecule has 439 valence electrons. The molecular weight excluding hydrogens is 1400 g/mol. The zero-order valence-corrected chi connectivity index (χ0v) is 54.6. The van der Waals surface area contributed by atoms with Gasteiger partial charge in [0.15, 0.2) is 17.3 Å². The maximum Gasteiger partial charge on any atom is 3.00 e. The van der Waals surface area contributed by atoms with Gasteiger partial charge in [-0.3, -0.25) is 24.4 Å². The molecule has 0 fully saturated rings. The van der Waals surface area contributed by atoms with Crippen molar-refractivity contribution in [3.05, 3.63) is 229 Å². The molecule has 0 bridgehead atoms. The summed E-state index contributed by atoms with van der Waals surface area (Å²) in [6.45, 7) is 25.6. The van der Waals surface area contributed by atoms with Crippen LogP contribution in [0.5, 0.6) is 0 Å². The number of nitrogens with zero attached hydrogens (tertiary/aromatic N) is 8. The molecule has 0 aliphatic heterocycles. The molecule has 0 aliphatic rings. The first-order valence-electron chi connectivity index (χ1n) is 26.3. The molecule has 0 saturated heterocycles. The molecule has 83 heavy (non-hydrogen) atoms. The molecule has 0 aliphatic carbocycles. The van der Waals surface area contributed by atoms with Crippen molar-refractivity contribution in [1.29, 1.82) is 0 Å². The van der Waals surface area contributed by atoms with E-state index in [1.807, 2.05) is 116 Å². The normalized spacial score (nSPS) is 10.6. The summed E-state index contributed by atoms with van der Waals surface area (Å²) in [5.74, 6) is 1.62. The average molecular weight is 1470 g/mol. The van der Waals surface area contributed by atoms with Crippen LogP contribution in [0.25, 0.3) is 45.0 Å². The van der Waals surface area contributed by atoms with E-state index >= 15 is 0 Å². The second kappa shape index (κ2) is 42.0. The summed E-state index contributed by atoms with van der Waals surface area (Å²) >= 11 is 0. The van der Waals surface area contributed by atoms with Gasteiger partial charge in [0, 0.05) is 80.6 Å². The predicted molar refractivity (Wildman–Crippen MR) is 324 cm³/mol. The molecule has 0 aromatic carbocycles. The van der Waals surface area contributed by atoms with Crippen molar-refractivity contribution in [3.8, 4) is 45.0 Å². The molecule has 8 aromatic rings. The van der Waals surface area contributed by atoms with E-state index in [9.17, 15) is 14.4 Å². The molecule has 0 unspecified atom stereocenters. The second-order valence-corrected chi connectivity index (χ2v) is 19.3. The van der Waals surface area contributed by atoms with Gasteiger partial charge in [0.1, 0.15) is 0 Å². The molecule has 3 N–H and O–H groups in total. The van der Waals surface area contributed by atoms with Crippen molar-refractivity contribution in [2.24, 2.45) is 0 Å².